The number of carbonyl (C=O) groups is 1. The van der Waals surface area contributed by atoms with E-state index in [0.29, 0.717) is 17.4 Å². The molecule has 2 N–H and O–H groups in total. The Kier molecular flexibility index (Phi) is 29.8. The van der Waals surface area contributed by atoms with E-state index in [2.05, 4.69) is 19.2 Å². The van der Waals surface area contributed by atoms with Crippen molar-refractivity contribution in [3.05, 3.63) is 12.2 Å². The summed E-state index contributed by atoms with van der Waals surface area (Å²) in [5.74, 6) is -0.205. The number of unbranched alkanes of at least 4 members (excludes halogenated alkanes) is 21. The third-order valence-electron chi connectivity index (χ3n) is 8.50. The number of nitrogens with zero attached hydrogens (tertiary/aromatic N) is 1. The minimum Gasteiger partial charge on any atom is -0.756 e. The maximum atomic E-state index is 12.7. The Morgan fingerprint density at radius 3 is 1.61 bits per heavy atom. The van der Waals surface area contributed by atoms with Gasteiger partial charge in [-0.25, -0.2) is 0 Å². The highest BCUT2D eigenvalue weighted by molar-refractivity contribution is 7.45. The molecule has 8 nitrogen and oxygen atoms in total. The Bertz CT molecular complexity index is 773. The minimum absolute atomic E-state index is 0.000216. The fourth-order valence-electron chi connectivity index (χ4n) is 5.37. The lowest BCUT2D eigenvalue weighted by atomic mass is 10.0. The van der Waals surface area contributed by atoms with Crippen LogP contribution in [0.3, 0.4) is 0 Å². The summed E-state index contributed by atoms with van der Waals surface area (Å²) in [5.41, 5.74) is 0. The quantitative estimate of drug-likeness (QED) is 0.0305. The Balaban J connectivity index is 4.06. The number of hydrogen-bond acceptors (Lipinski definition) is 6. The lowest BCUT2D eigenvalue weighted by molar-refractivity contribution is -0.870. The monoisotopic (exact) mass is 675 g/mol. The number of hydrogen-bond donors (Lipinski definition) is 2. The van der Waals surface area contributed by atoms with E-state index in [1.54, 1.807) is 6.08 Å². The molecule has 3 atom stereocenters. The second-order valence-corrected chi connectivity index (χ2v) is 15.7. The predicted molar refractivity (Wildman–Crippen MR) is 192 cm³/mol. The maximum Gasteiger partial charge on any atom is 0.268 e. The summed E-state index contributed by atoms with van der Waals surface area (Å²) in [4.78, 5) is 24.9. The number of carbonyl (C=O) groups excluding carboxylic acids is 1. The van der Waals surface area contributed by atoms with Crippen molar-refractivity contribution in [2.24, 2.45) is 0 Å². The number of rotatable bonds is 34. The summed E-state index contributed by atoms with van der Waals surface area (Å²) in [6.45, 7) is 4.49. The van der Waals surface area contributed by atoms with Gasteiger partial charge < -0.3 is 28.8 Å². The Morgan fingerprint density at radius 1 is 0.739 bits per heavy atom. The van der Waals surface area contributed by atoms with Crippen LogP contribution < -0.4 is 10.2 Å². The first kappa shape index (κ1) is 45.2. The number of phosphoric acid groups is 1. The van der Waals surface area contributed by atoms with Gasteiger partial charge in [0, 0.05) is 6.42 Å². The average molecular weight is 675 g/mol. The zero-order valence-corrected chi connectivity index (χ0v) is 31.7. The van der Waals surface area contributed by atoms with E-state index in [0.717, 1.165) is 38.5 Å². The van der Waals surface area contributed by atoms with Gasteiger partial charge in [0.25, 0.3) is 7.82 Å². The van der Waals surface area contributed by atoms with E-state index in [9.17, 15) is 19.4 Å². The molecule has 3 unspecified atom stereocenters. The average Bonchev–Trinajstić information content (AvgIpc) is 2.99. The summed E-state index contributed by atoms with van der Waals surface area (Å²) < 4.78 is 22.9. The van der Waals surface area contributed by atoms with E-state index >= 15 is 0 Å². The lowest BCUT2D eigenvalue weighted by Crippen LogP contribution is -2.45. The van der Waals surface area contributed by atoms with E-state index < -0.39 is 20.0 Å². The molecule has 0 fully saturated rings. The van der Waals surface area contributed by atoms with E-state index in [1.807, 2.05) is 27.2 Å². The third kappa shape index (κ3) is 31.8. The topological polar surface area (TPSA) is 108 Å². The molecule has 0 spiro atoms. The van der Waals surface area contributed by atoms with Crippen molar-refractivity contribution >= 4 is 13.7 Å². The fourth-order valence-corrected chi connectivity index (χ4v) is 6.10. The van der Waals surface area contributed by atoms with Gasteiger partial charge in [-0.3, -0.25) is 9.36 Å². The zero-order chi connectivity index (χ0) is 34.4. The number of likely N-dealkylation sites (N-methyl/N-ethyl adjacent to an activating group) is 1. The van der Waals surface area contributed by atoms with Crippen molar-refractivity contribution in [2.45, 2.75) is 180 Å². The van der Waals surface area contributed by atoms with Crippen LogP contribution in [0, 0.1) is 0 Å². The number of aliphatic hydroxyl groups excluding tert-OH is 1. The van der Waals surface area contributed by atoms with Gasteiger partial charge in [-0.15, -0.1) is 0 Å². The molecule has 9 heteroatoms. The maximum absolute atomic E-state index is 12.7. The number of nitrogens with one attached hydrogen (secondary N) is 1. The van der Waals surface area contributed by atoms with Crippen LogP contribution in [0.5, 0.6) is 0 Å². The smallest absolute Gasteiger partial charge is 0.268 e. The fraction of sp³-hybridized carbons (Fsp3) is 0.919. The normalized spacial score (nSPS) is 14.8. The van der Waals surface area contributed by atoms with Gasteiger partial charge in [-0.1, -0.05) is 161 Å². The molecule has 0 aliphatic carbocycles. The highest BCUT2D eigenvalue weighted by Crippen LogP contribution is 2.38. The summed E-state index contributed by atoms with van der Waals surface area (Å²) >= 11 is 0. The Hall–Kier alpha value is -0.760. The SMILES string of the molecule is CCCC/C=C/C(O)C(COP(=O)([O-])OCC[N+](C)(C)C)NC(=O)CCCCCCCCCCCCCCCCCCCCCC. The molecule has 0 aromatic carbocycles. The molecule has 0 aliphatic heterocycles. The lowest BCUT2D eigenvalue weighted by Gasteiger charge is -2.29. The van der Waals surface area contributed by atoms with Gasteiger partial charge >= 0.3 is 0 Å². The Labute approximate surface area is 284 Å². The van der Waals surface area contributed by atoms with Crippen LogP contribution in [0.15, 0.2) is 12.2 Å². The molecule has 0 bridgehead atoms. The van der Waals surface area contributed by atoms with E-state index in [-0.39, 0.29) is 19.1 Å². The molecule has 0 heterocycles. The molecule has 0 rings (SSSR count). The summed E-state index contributed by atoms with van der Waals surface area (Å²) in [5, 5.41) is 13.4. The number of amides is 1. The van der Waals surface area contributed by atoms with Gasteiger partial charge in [0.2, 0.25) is 5.91 Å². The van der Waals surface area contributed by atoms with Crippen LogP contribution >= 0.6 is 7.82 Å². The molecule has 0 saturated carbocycles. The summed E-state index contributed by atoms with van der Waals surface area (Å²) in [7, 11) is 1.26. The van der Waals surface area contributed by atoms with Crippen LogP contribution in [0.4, 0.5) is 0 Å². The second-order valence-electron chi connectivity index (χ2n) is 14.3. The molecule has 0 aromatic rings. The molecule has 0 saturated heterocycles. The molecular weight excluding hydrogens is 599 g/mol. The Morgan fingerprint density at radius 2 is 1.17 bits per heavy atom. The molecule has 274 valence electrons. The minimum atomic E-state index is -4.56. The van der Waals surface area contributed by atoms with Crippen molar-refractivity contribution in [3.8, 4) is 0 Å². The standard InChI is InChI=1S/C37H75N2O6P/c1-6-8-10-12-13-14-15-16-17-18-19-20-21-22-23-24-25-26-27-29-31-37(41)38-35(36(40)30-28-11-9-7-2)34-45-46(42,43)44-33-32-39(3,4)5/h28,30,35-36,40H,6-27,29,31-34H2,1-5H3,(H-,38,41,42,43)/b30-28+. The number of phosphoric ester groups is 1. The van der Waals surface area contributed by atoms with Crippen molar-refractivity contribution in [3.63, 3.8) is 0 Å². The van der Waals surface area contributed by atoms with Gasteiger partial charge in [0.1, 0.15) is 13.2 Å². The molecule has 0 aromatic heterocycles. The highest BCUT2D eigenvalue weighted by Gasteiger charge is 2.23. The zero-order valence-electron chi connectivity index (χ0n) is 30.8. The number of quaternary nitrogens is 1. The molecule has 46 heavy (non-hydrogen) atoms. The predicted octanol–water partition coefficient (Wildman–Crippen LogP) is 9.00. The third-order valence-corrected chi connectivity index (χ3v) is 9.46. The van der Waals surface area contributed by atoms with Crippen LogP contribution in [-0.4, -0.2) is 68.5 Å². The van der Waals surface area contributed by atoms with Crippen LogP contribution in [0.2, 0.25) is 0 Å². The van der Waals surface area contributed by atoms with Crippen molar-refractivity contribution in [2.75, 3.05) is 40.9 Å². The van der Waals surface area contributed by atoms with Crippen LogP contribution in [0.25, 0.3) is 0 Å². The van der Waals surface area contributed by atoms with Crippen molar-refractivity contribution < 1.29 is 32.9 Å². The van der Waals surface area contributed by atoms with Gasteiger partial charge in [-0.2, -0.15) is 0 Å². The van der Waals surface area contributed by atoms with Crippen LogP contribution in [-0.2, 0) is 18.4 Å². The van der Waals surface area contributed by atoms with Gasteiger partial charge in [0.15, 0.2) is 0 Å². The van der Waals surface area contributed by atoms with Gasteiger partial charge in [-0.05, 0) is 12.8 Å². The highest BCUT2D eigenvalue weighted by atomic mass is 31.2. The largest absolute Gasteiger partial charge is 0.756 e. The van der Waals surface area contributed by atoms with Crippen molar-refractivity contribution in [1.29, 1.82) is 0 Å². The molecule has 1 amide bonds. The van der Waals surface area contributed by atoms with Crippen LogP contribution in [0.1, 0.15) is 168 Å². The summed E-state index contributed by atoms with van der Waals surface area (Å²) in [6.07, 6.45) is 31.8. The summed E-state index contributed by atoms with van der Waals surface area (Å²) in [6, 6.07) is -0.875. The number of allylic oxidation sites excluding steroid dienone is 1. The first-order valence-electron chi connectivity index (χ1n) is 19.1. The van der Waals surface area contributed by atoms with Gasteiger partial charge in [0.05, 0.1) is 39.9 Å². The second kappa shape index (κ2) is 30.3. The van der Waals surface area contributed by atoms with E-state index in [4.69, 9.17) is 9.05 Å². The molecule has 0 aliphatic rings. The molecular formula is C37H75N2O6P. The first-order chi connectivity index (χ1) is 22.0. The van der Waals surface area contributed by atoms with Crippen molar-refractivity contribution in [1.82, 2.24) is 5.32 Å². The molecule has 0 radical (unpaired) electrons. The first-order valence-corrected chi connectivity index (χ1v) is 20.5. The van der Waals surface area contributed by atoms with E-state index in [1.165, 1.54) is 109 Å². The number of aliphatic hydroxyl groups is 1.